The molecule has 5 aromatic carbocycles. The topological polar surface area (TPSA) is 17.0 Å². The molecule has 6 aromatic rings. The highest BCUT2D eigenvalue weighted by molar-refractivity contribution is 7.99. The maximum Gasteiger partial charge on any atom is 0.0547 e. The largest absolute Gasteiger partial charge is 0.362 e. The molecule has 0 fully saturated rings. The van der Waals surface area contributed by atoms with Crippen LogP contribution in [0.15, 0.2) is 185 Å². The molecule has 0 amide bonds. The number of fused-ring (bicyclic) bond motifs is 9. The Kier molecular flexibility index (Phi) is 8.66. The van der Waals surface area contributed by atoms with E-state index in [-0.39, 0.29) is 11.8 Å². The molecule has 52 heavy (non-hydrogen) atoms. The molecule has 3 heterocycles. The van der Waals surface area contributed by atoms with Gasteiger partial charge in [0.25, 0.3) is 0 Å². The first-order valence-electron chi connectivity index (χ1n) is 18.1. The fourth-order valence-electron chi connectivity index (χ4n) is 8.66. The first-order valence-corrected chi connectivity index (χ1v) is 19.9. The van der Waals surface area contributed by atoms with Crippen LogP contribution >= 0.6 is 23.5 Å². The summed E-state index contributed by atoms with van der Waals surface area (Å²) in [5, 5.41) is 7.42. The highest BCUT2D eigenvalue weighted by atomic mass is 32.2. The lowest BCUT2D eigenvalue weighted by Gasteiger charge is -2.47. The molecule has 1 spiro atoms. The van der Waals surface area contributed by atoms with E-state index >= 15 is 0 Å². The van der Waals surface area contributed by atoms with Crippen LogP contribution in [0.25, 0.3) is 28.7 Å². The highest BCUT2D eigenvalue weighted by Crippen LogP contribution is 2.59. The molecule has 9 rings (SSSR count). The normalized spacial score (nSPS) is 18.7. The maximum atomic E-state index is 3.85. The van der Waals surface area contributed by atoms with Gasteiger partial charge in [-0.2, -0.15) is 0 Å². The summed E-state index contributed by atoms with van der Waals surface area (Å²) in [6.07, 6.45) is 18.7. The molecule has 2 unspecified atom stereocenters. The summed E-state index contributed by atoms with van der Waals surface area (Å²) >= 11 is 3.85. The molecule has 2 atom stereocenters. The van der Waals surface area contributed by atoms with Gasteiger partial charge in [0, 0.05) is 59.9 Å². The summed E-state index contributed by atoms with van der Waals surface area (Å²) in [7, 11) is 0. The molecular weight excluding hydrogens is 669 g/mol. The second-order valence-corrected chi connectivity index (χ2v) is 15.8. The molecule has 4 heteroatoms. The van der Waals surface area contributed by atoms with Gasteiger partial charge >= 0.3 is 0 Å². The Morgan fingerprint density at radius 3 is 2.29 bits per heavy atom. The number of aromatic nitrogens is 1. The molecule has 1 aromatic heterocycles. The van der Waals surface area contributed by atoms with Gasteiger partial charge in [0.2, 0.25) is 0 Å². The van der Waals surface area contributed by atoms with Crippen LogP contribution < -0.4 is 15.9 Å². The number of para-hydroxylation sites is 2. The van der Waals surface area contributed by atoms with Crippen LogP contribution in [0.5, 0.6) is 0 Å². The van der Waals surface area contributed by atoms with Gasteiger partial charge < -0.3 is 9.88 Å². The van der Waals surface area contributed by atoms with E-state index in [4.69, 9.17) is 0 Å². The molecular formula is C48H40N2S2. The van der Waals surface area contributed by atoms with Crippen molar-refractivity contribution in [3.8, 4) is 5.69 Å². The summed E-state index contributed by atoms with van der Waals surface area (Å²) in [6, 6.07) is 45.1. The lowest BCUT2D eigenvalue weighted by molar-refractivity contribution is 0.451. The second-order valence-electron chi connectivity index (χ2n) is 13.7. The molecule has 2 nitrogen and oxygen atoms in total. The number of rotatable bonds is 5. The molecule has 0 saturated heterocycles. The van der Waals surface area contributed by atoms with Gasteiger partial charge in [-0.15, -0.1) is 11.8 Å². The fraction of sp³-hybridized carbons (Fsp3) is 0.125. The molecule has 0 bridgehead atoms. The predicted molar refractivity (Wildman–Crippen MR) is 222 cm³/mol. The quantitative estimate of drug-likeness (QED) is 0.180. The lowest BCUT2D eigenvalue weighted by Crippen LogP contribution is -2.40. The van der Waals surface area contributed by atoms with Crippen molar-refractivity contribution in [1.29, 1.82) is 0 Å². The van der Waals surface area contributed by atoms with Crippen molar-refractivity contribution in [2.24, 2.45) is 5.92 Å². The van der Waals surface area contributed by atoms with Gasteiger partial charge in [-0.25, -0.2) is 0 Å². The van der Waals surface area contributed by atoms with Crippen molar-refractivity contribution >= 4 is 46.6 Å². The highest BCUT2D eigenvalue weighted by Gasteiger charge is 2.48. The zero-order chi connectivity index (χ0) is 35.1. The second kappa shape index (κ2) is 13.8. The standard InChI is InChI=1S/C48H40N2S2/c1-3-4-30-49-35-27-25-33(2)48(40-19-9-12-22-44(40)52-45-23-13-10-20-41(45)48)47-37(18-14-24-46(47)51-31-29-35)34-26-28-43-39(32-34)38-17-8-11-21-42(38)50(43)36-15-6-5-7-16-36/h3-25,27-30,32-34,49H,1,26,31H2,2H3/b27-25?,30-4-,35-29?. The van der Waals surface area contributed by atoms with Crippen molar-refractivity contribution in [2.75, 3.05) is 5.75 Å². The van der Waals surface area contributed by atoms with Gasteiger partial charge in [0.05, 0.1) is 10.9 Å². The Labute approximate surface area is 314 Å². The molecule has 3 aliphatic rings. The molecule has 1 aliphatic carbocycles. The van der Waals surface area contributed by atoms with Crippen LogP contribution in [0.1, 0.15) is 41.5 Å². The minimum atomic E-state index is -0.417. The first-order chi connectivity index (χ1) is 25.7. The smallest absolute Gasteiger partial charge is 0.0547 e. The average molecular weight is 709 g/mol. The third-order valence-electron chi connectivity index (χ3n) is 10.9. The number of nitrogens with zero attached hydrogens (tertiary/aromatic N) is 1. The zero-order valence-electron chi connectivity index (χ0n) is 29.2. The fourth-order valence-corrected chi connectivity index (χ4v) is 10.9. The van der Waals surface area contributed by atoms with Crippen molar-refractivity contribution in [1.82, 2.24) is 9.88 Å². The van der Waals surface area contributed by atoms with E-state index in [0.29, 0.717) is 0 Å². The van der Waals surface area contributed by atoms with Crippen molar-refractivity contribution in [3.05, 3.63) is 203 Å². The summed E-state index contributed by atoms with van der Waals surface area (Å²) in [5.41, 5.74) is 8.76. The average Bonchev–Trinajstić information content (AvgIpc) is 3.52. The van der Waals surface area contributed by atoms with Crippen molar-refractivity contribution in [2.45, 2.75) is 39.4 Å². The summed E-state index contributed by atoms with van der Waals surface area (Å²) in [6.45, 7) is 6.28. The molecule has 1 N–H and O–H groups in total. The van der Waals surface area contributed by atoms with E-state index in [9.17, 15) is 0 Å². The Morgan fingerprint density at radius 2 is 1.50 bits per heavy atom. The predicted octanol–water partition coefficient (Wildman–Crippen LogP) is 10.6. The van der Waals surface area contributed by atoms with E-state index in [0.717, 1.165) is 17.9 Å². The monoisotopic (exact) mass is 708 g/mol. The summed E-state index contributed by atoms with van der Waals surface area (Å²) < 4.78 is 2.44. The van der Waals surface area contributed by atoms with E-state index < -0.39 is 5.41 Å². The summed E-state index contributed by atoms with van der Waals surface area (Å²) in [4.78, 5) is 4.01. The minimum absolute atomic E-state index is 0.131. The molecule has 0 saturated carbocycles. The van der Waals surface area contributed by atoms with E-state index in [1.807, 2.05) is 35.8 Å². The Morgan fingerprint density at radius 1 is 0.788 bits per heavy atom. The van der Waals surface area contributed by atoms with Crippen molar-refractivity contribution in [3.63, 3.8) is 0 Å². The minimum Gasteiger partial charge on any atom is -0.362 e. The van der Waals surface area contributed by atoms with Crippen LogP contribution in [0, 0.1) is 5.92 Å². The zero-order valence-corrected chi connectivity index (χ0v) is 30.8. The van der Waals surface area contributed by atoms with Crippen LogP contribution in [0.3, 0.4) is 0 Å². The van der Waals surface area contributed by atoms with Crippen LogP contribution in [0.2, 0.25) is 0 Å². The molecule has 0 radical (unpaired) electrons. The van der Waals surface area contributed by atoms with E-state index in [2.05, 4.69) is 175 Å². The summed E-state index contributed by atoms with van der Waals surface area (Å²) in [5.74, 6) is 1.19. The van der Waals surface area contributed by atoms with Crippen LogP contribution in [-0.4, -0.2) is 10.3 Å². The van der Waals surface area contributed by atoms with Crippen LogP contribution in [0.4, 0.5) is 0 Å². The molecule has 254 valence electrons. The van der Waals surface area contributed by atoms with E-state index in [1.54, 1.807) is 6.08 Å². The lowest BCUT2D eigenvalue weighted by atomic mass is 9.60. The Balaban J connectivity index is 1.32. The van der Waals surface area contributed by atoms with Gasteiger partial charge in [-0.1, -0.05) is 141 Å². The third kappa shape index (κ3) is 5.36. The Hall–Kier alpha value is -5.16. The van der Waals surface area contributed by atoms with Gasteiger partial charge in [0.15, 0.2) is 0 Å². The Bertz CT molecular complexity index is 2510. The number of thioether (sulfide) groups is 1. The number of benzene rings is 5. The van der Waals surface area contributed by atoms with Gasteiger partial charge in [-0.05, 0) is 83.1 Å². The number of hydrogen-bond donors (Lipinski definition) is 1. The number of allylic oxidation sites excluding steroid dienone is 4. The van der Waals surface area contributed by atoms with Crippen LogP contribution in [-0.2, 0) is 5.41 Å². The SMILES string of the molecule is C=C/C=C\NC1=CCSc2cccc(C3C=c4c(n(-c5ccccc5)c5ccccc45)=CC3)c2C2(c3ccccc3Sc3ccccc32)C(C)C=C1. The van der Waals surface area contributed by atoms with Gasteiger partial charge in [0.1, 0.15) is 0 Å². The van der Waals surface area contributed by atoms with Crippen molar-refractivity contribution < 1.29 is 0 Å². The van der Waals surface area contributed by atoms with E-state index in [1.165, 1.54) is 64.1 Å². The first kappa shape index (κ1) is 32.7. The number of nitrogens with one attached hydrogen (secondary N) is 1. The maximum absolute atomic E-state index is 3.85. The third-order valence-corrected chi connectivity index (χ3v) is 13.0. The molecule has 2 aliphatic heterocycles. The number of hydrogen-bond acceptors (Lipinski definition) is 3. The van der Waals surface area contributed by atoms with Gasteiger partial charge in [-0.3, -0.25) is 0 Å².